The number of hydrogen-bond donors (Lipinski definition) is 0. The molecule has 0 amide bonds. The lowest BCUT2D eigenvalue weighted by Crippen LogP contribution is -2.32. The van der Waals surface area contributed by atoms with E-state index in [1.165, 1.54) is 4.80 Å². The number of tetrazole rings is 1. The molecule has 0 bridgehead atoms. The summed E-state index contributed by atoms with van der Waals surface area (Å²) in [4.78, 5) is 7.74. The molecule has 0 spiro atoms. The van der Waals surface area contributed by atoms with Gasteiger partial charge < -0.3 is 9.64 Å². The average molecular weight is 424 g/mol. The molecule has 0 unspecified atom stereocenters. The first-order chi connectivity index (χ1) is 14.7. The molecule has 0 aliphatic carbocycles. The van der Waals surface area contributed by atoms with Crippen molar-refractivity contribution >= 4 is 17.5 Å². The van der Waals surface area contributed by atoms with Crippen LogP contribution < -0.4 is 9.64 Å². The fourth-order valence-electron chi connectivity index (χ4n) is 3.46. The zero-order valence-electron chi connectivity index (χ0n) is 16.2. The minimum absolute atomic E-state index is 0.484. The molecule has 0 atom stereocenters. The number of methoxy groups -OCH3 is 1. The number of fused-ring (bicyclic) bond motifs is 1. The molecule has 4 aromatic rings. The van der Waals surface area contributed by atoms with Crippen LogP contribution in [0.2, 0.25) is 5.02 Å². The summed E-state index contributed by atoms with van der Waals surface area (Å²) in [5.41, 5.74) is 1.67. The SMILES string of the molecule is COc1cc(-c2nnc3n2CCCN3Cc2nnn(-c3cccc(Cl)c3)n2)ccn1. The molecule has 0 radical (unpaired) electrons. The number of benzene rings is 1. The minimum Gasteiger partial charge on any atom is -0.481 e. The number of ether oxygens (including phenoxy) is 1. The van der Waals surface area contributed by atoms with Gasteiger partial charge in [-0.3, -0.25) is 4.57 Å². The number of hydrogen-bond acceptors (Lipinski definition) is 8. The standard InChI is InChI=1S/C19H18ClN9O/c1-30-17-10-13(6-7-21-17)18-23-24-19-27(8-3-9-28(18)19)12-16-22-26-29(25-16)15-5-2-4-14(20)11-15/h2,4-7,10-11H,3,8-9,12H2,1H3. The van der Waals surface area contributed by atoms with Crippen LogP contribution in [0.15, 0.2) is 42.6 Å². The summed E-state index contributed by atoms with van der Waals surface area (Å²) in [6.07, 6.45) is 2.66. The van der Waals surface area contributed by atoms with Gasteiger partial charge >= 0.3 is 0 Å². The number of nitrogens with zero attached hydrogens (tertiary/aromatic N) is 9. The van der Waals surface area contributed by atoms with Crippen molar-refractivity contribution in [3.63, 3.8) is 0 Å². The Hall–Kier alpha value is -3.53. The van der Waals surface area contributed by atoms with E-state index in [9.17, 15) is 0 Å². The third-order valence-electron chi connectivity index (χ3n) is 4.85. The van der Waals surface area contributed by atoms with Crippen molar-refractivity contribution in [2.75, 3.05) is 18.6 Å². The summed E-state index contributed by atoms with van der Waals surface area (Å²) in [7, 11) is 1.59. The molecular formula is C19H18ClN9O. The fraction of sp³-hybridized carbons (Fsp3) is 0.263. The summed E-state index contributed by atoms with van der Waals surface area (Å²) in [5.74, 6) is 2.70. The van der Waals surface area contributed by atoms with Gasteiger partial charge in [-0.1, -0.05) is 17.7 Å². The molecule has 4 heterocycles. The van der Waals surface area contributed by atoms with Crippen LogP contribution >= 0.6 is 11.6 Å². The molecule has 0 N–H and O–H groups in total. The Labute approximate surface area is 177 Å². The smallest absolute Gasteiger partial charge is 0.227 e. The predicted molar refractivity (Wildman–Crippen MR) is 110 cm³/mol. The minimum atomic E-state index is 0.484. The van der Waals surface area contributed by atoms with Crippen molar-refractivity contribution in [3.05, 3.63) is 53.4 Å². The van der Waals surface area contributed by atoms with E-state index in [2.05, 4.69) is 40.1 Å². The molecule has 0 fully saturated rings. The summed E-state index contributed by atoms with van der Waals surface area (Å²) in [6, 6.07) is 11.1. The van der Waals surface area contributed by atoms with Crippen LogP contribution in [-0.4, -0.2) is 53.6 Å². The Morgan fingerprint density at radius 2 is 2.03 bits per heavy atom. The molecule has 1 aliphatic rings. The largest absolute Gasteiger partial charge is 0.481 e. The van der Waals surface area contributed by atoms with E-state index >= 15 is 0 Å². The highest BCUT2D eigenvalue weighted by Crippen LogP contribution is 2.28. The molecule has 1 aliphatic heterocycles. The average Bonchev–Trinajstić information content (AvgIpc) is 3.42. The first-order valence-electron chi connectivity index (χ1n) is 9.44. The molecule has 3 aromatic heterocycles. The topological polar surface area (TPSA) is 99.7 Å². The second kappa shape index (κ2) is 7.71. The number of pyridine rings is 1. The zero-order valence-corrected chi connectivity index (χ0v) is 16.9. The van der Waals surface area contributed by atoms with Crippen molar-refractivity contribution in [3.8, 4) is 23.0 Å². The molecule has 0 saturated carbocycles. The van der Waals surface area contributed by atoms with Crippen LogP contribution in [0.4, 0.5) is 5.95 Å². The van der Waals surface area contributed by atoms with Gasteiger partial charge in [-0.2, -0.15) is 0 Å². The quantitative estimate of drug-likeness (QED) is 0.482. The maximum Gasteiger partial charge on any atom is 0.227 e. The zero-order chi connectivity index (χ0) is 20.5. The molecule has 0 saturated heterocycles. The van der Waals surface area contributed by atoms with E-state index in [0.717, 1.165) is 42.5 Å². The van der Waals surface area contributed by atoms with Crippen molar-refractivity contribution in [1.82, 2.24) is 40.0 Å². The molecular weight excluding hydrogens is 406 g/mol. The van der Waals surface area contributed by atoms with Crippen LogP contribution in [0.5, 0.6) is 5.88 Å². The van der Waals surface area contributed by atoms with Crippen LogP contribution in [0, 0.1) is 0 Å². The van der Waals surface area contributed by atoms with E-state index in [1.807, 2.05) is 24.3 Å². The second-order valence-corrected chi connectivity index (χ2v) is 7.25. The van der Waals surface area contributed by atoms with Crippen LogP contribution in [-0.2, 0) is 13.1 Å². The van der Waals surface area contributed by atoms with Gasteiger partial charge in [0.1, 0.15) is 0 Å². The van der Waals surface area contributed by atoms with Crippen molar-refractivity contribution in [2.45, 2.75) is 19.5 Å². The predicted octanol–water partition coefficient (Wildman–Crippen LogP) is 2.39. The highest BCUT2D eigenvalue weighted by atomic mass is 35.5. The van der Waals surface area contributed by atoms with Crippen LogP contribution in [0.25, 0.3) is 17.1 Å². The molecule has 11 heteroatoms. The third-order valence-corrected chi connectivity index (χ3v) is 5.09. The molecule has 30 heavy (non-hydrogen) atoms. The molecule has 10 nitrogen and oxygen atoms in total. The van der Waals surface area contributed by atoms with Gasteiger partial charge in [0, 0.05) is 35.9 Å². The molecule has 1 aromatic carbocycles. The highest BCUT2D eigenvalue weighted by molar-refractivity contribution is 6.30. The second-order valence-electron chi connectivity index (χ2n) is 6.81. The van der Waals surface area contributed by atoms with Gasteiger partial charge in [-0.05, 0) is 35.9 Å². The Kier molecular flexibility index (Phi) is 4.75. The normalized spacial score (nSPS) is 13.3. The lowest BCUT2D eigenvalue weighted by atomic mass is 10.2. The van der Waals surface area contributed by atoms with E-state index in [0.29, 0.717) is 23.3 Å². The summed E-state index contributed by atoms with van der Waals surface area (Å²) in [5, 5.41) is 22.3. The van der Waals surface area contributed by atoms with E-state index in [4.69, 9.17) is 16.3 Å². The molecule has 5 rings (SSSR count). The fourth-order valence-corrected chi connectivity index (χ4v) is 3.65. The summed E-state index contributed by atoms with van der Waals surface area (Å²) < 4.78 is 7.33. The third kappa shape index (κ3) is 3.45. The van der Waals surface area contributed by atoms with Crippen molar-refractivity contribution in [2.24, 2.45) is 0 Å². The van der Waals surface area contributed by atoms with Gasteiger partial charge in [0.25, 0.3) is 0 Å². The highest BCUT2D eigenvalue weighted by Gasteiger charge is 2.24. The molecule has 152 valence electrons. The van der Waals surface area contributed by atoms with Gasteiger partial charge in [0.2, 0.25) is 11.8 Å². The number of rotatable bonds is 5. The number of aromatic nitrogens is 8. The Morgan fingerprint density at radius 1 is 1.10 bits per heavy atom. The van der Waals surface area contributed by atoms with E-state index in [1.54, 1.807) is 25.4 Å². The monoisotopic (exact) mass is 423 g/mol. The van der Waals surface area contributed by atoms with Gasteiger partial charge in [0.15, 0.2) is 11.6 Å². The van der Waals surface area contributed by atoms with Gasteiger partial charge in [0.05, 0.1) is 19.3 Å². The lowest BCUT2D eigenvalue weighted by molar-refractivity contribution is 0.398. The first kappa shape index (κ1) is 18.5. The maximum absolute atomic E-state index is 6.06. The summed E-state index contributed by atoms with van der Waals surface area (Å²) >= 11 is 6.06. The lowest BCUT2D eigenvalue weighted by Gasteiger charge is -2.27. The van der Waals surface area contributed by atoms with Gasteiger partial charge in [-0.25, -0.2) is 4.98 Å². The maximum atomic E-state index is 6.06. The number of halogens is 1. The van der Waals surface area contributed by atoms with Crippen LogP contribution in [0.3, 0.4) is 0 Å². The van der Waals surface area contributed by atoms with Crippen molar-refractivity contribution in [1.29, 1.82) is 0 Å². The summed E-state index contributed by atoms with van der Waals surface area (Å²) in [6.45, 7) is 2.16. The van der Waals surface area contributed by atoms with E-state index < -0.39 is 0 Å². The Balaban J connectivity index is 1.40. The van der Waals surface area contributed by atoms with Crippen LogP contribution in [0.1, 0.15) is 12.2 Å². The van der Waals surface area contributed by atoms with Gasteiger partial charge in [-0.15, -0.1) is 25.2 Å². The Bertz CT molecular complexity index is 1190. The van der Waals surface area contributed by atoms with Crippen molar-refractivity contribution < 1.29 is 4.74 Å². The first-order valence-corrected chi connectivity index (χ1v) is 9.82. The Morgan fingerprint density at radius 3 is 2.90 bits per heavy atom. The number of anilines is 1. The van der Waals surface area contributed by atoms with E-state index in [-0.39, 0.29) is 0 Å².